The predicted molar refractivity (Wildman–Crippen MR) is 104 cm³/mol. The maximum atomic E-state index is 12.7. The molecule has 3 rings (SSSR count). The van der Waals surface area contributed by atoms with Crippen LogP contribution < -0.4 is 5.32 Å². The first-order valence-corrected chi connectivity index (χ1v) is 9.05. The van der Waals surface area contributed by atoms with E-state index in [0.717, 1.165) is 12.1 Å². The van der Waals surface area contributed by atoms with E-state index >= 15 is 0 Å². The molecular weight excluding hydrogens is 342 g/mol. The molecule has 1 saturated heterocycles. The first kappa shape index (κ1) is 18.8. The lowest BCUT2D eigenvalue weighted by Gasteiger charge is -2.32. The van der Waals surface area contributed by atoms with Crippen LogP contribution in [0.1, 0.15) is 36.8 Å². The highest BCUT2D eigenvalue weighted by atomic mass is 16.2. The molecule has 7 heteroatoms. The maximum absolute atomic E-state index is 12.7. The zero-order valence-corrected chi connectivity index (χ0v) is 16.0. The Morgan fingerprint density at radius 1 is 1.07 bits per heavy atom. The topological polar surface area (TPSA) is 78.4 Å². The highest BCUT2D eigenvalue weighted by Crippen LogP contribution is 2.24. The number of hydrogen-bond donors (Lipinski definition) is 1. The van der Waals surface area contributed by atoms with Crippen LogP contribution in [0.15, 0.2) is 36.7 Å². The second kappa shape index (κ2) is 7.73. The van der Waals surface area contributed by atoms with Gasteiger partial charge in [0, 0.05) is 37.9 Å². The van der Waals surface area contributed by atoms with E-state index in [1.165, 1.54) is 11.9 Å². The van der Waals surface area contributed by atoms with E-state index in [9.17, 15) is 9.59 Å². The summed E-state index contributed by atoms with van der Waals surface area (Å²) in [4.78, 5) is 35.2. The molecule has 2 aromatic rings. The lowest BCUT2D eigenvalue weighted by atomic mass is 9.87. The van der Waals surface area contributed by atoms with Crippen LogP contribution in [0, 0.1) is 0 Å². The summed E-state index contributed by atoms with van der Waals surface area (Å²) in [7, 11) is 0. The van der Waals surface area contributed by atoms with E-state index in [1.807, 2.05) is 12.1 Å². The molecule has 0 saturated carbocycles. The summed E-state index contributed by atoms with van der Waals surface area (Å²) in [5, 5.41) is 3.22. The normalized spacial score (nSPS) is 14.8. The molecule has 1 N–H and O–H groups in total. The first-order chi connectivity index (χ1) is 12.9. The fraction of sp³-hybridized carbons (Fsp3) is 0.400. The van der Waals surface area contributed by atoms with E-state index in [-0.39, 0.29) is 11.3 Å². The molecule has 1 aliphatic rings. The average Bonchev–Trinajstić information content (AvgIpc) is 2.67. The van der Waals surface area contributed by atoms with Gasteiger partial charge in [0.05, 0.1) is 0 Å². The lowest BCUT2D eigenvalue weighted by Crippen LogP contribution is -2.48. The van der Waals surface area contributed by atoms with Crippen molar-refractivity contribution in [3.05, 3.63) is 47.9 Å². The number of amides is 2. The number of rotatable bonds is 4. The first-order valence-electron chi connectivity index (χ1n) is 9.05. The summed E-state index contributed by atoms with van der Waals surface area (Å²) in [6, 6.07) is 9.84. The molecule has 0 bridgehead atoms. The minimum Gasteiger partial charge on any atom is -0.342 e. The predicted octanol–water partition coefficient (Wildman–Crippen LogP) is 2.43. The fourth-order valence-corrected chi connectivity index (χ4v) is 2.94. The lowest BCUT2D eigenvalue weighted by molar-refractivity contribution is -0.119. The third-order valence-corrected chi connectivity index (χ3v) is 4.66. The van der Waals surface area contributed by atoms with Gasteiger partial charge in [0.2, 0.25) is 6.41 Å². The van der Waals surface area contributed by atoms with Crippen LogP contribution in [-0.4, -0.2) is 58.3 Å². The molecule has 27 heavy (non-hydrogen) atoms. The van der Waals surface area contributed by atoms with Crippen molar-refractivity contribution in [2.45, 2.75) is 26.2 Å². The number of aromatic nitrogens is 2. The monoisotopic (exact) mass is 367 g/mol. The minimum atomic E-state index is -0.144. The Morgan fingerprint density at radius 2 is 1.74 bits per heavy atom. The molecule has 1 aromatic heterocycles. The molecule has 7 nitrogen and oxygen atoms in total. The highest BCUT2D eigenvalue weighted by Gasteiger charge is 2.22. The summed E-state index contributed by atoms with van der Waals surface area (Å²) in [6.07, 6.45) is 2.21. The molecule has 1 aliphatic heterocycles. The number of piperazine rings is 1. The van der Waals surface area contributed by atoms with Crippen LogP contribution in [0.25, 0.3) is 0 Å². The quantitative estimate of drug-likeness (QED) is 0.840. The summed E-state index contributed by atoms with van der Waals surface area (Å²) in [5.41, 5.74) is 2.60. The van der Waals surface area contributed by atoms with Gasteiger partial charge in [-0.05, 0) is 23.1 Å². The summed E-state index contributed by atoms with van der Waals surface area (Å²) in [6.45, 7) is 8.64. The van der Waals surface area contributed by atoms with Crippen molar-refractivity contribution < 1.29 is 9.59 Å². The van der Waals surface area contributed by atoms with E-state index in [2.05, 4.69) is 48.2 Å². The molecule has 0 atom stereocenters. The smallest absolute Gasteiger partial charge is 0.272 e. The Hall–Kier alpha value is -2.96. The Labute approximate surface area is 159 Å². The van der Waals surface area contributed by atoms with Crippen molar-refractivity contribution in [1.29, 1.82) is 0 Å². The van der Waals surface area contributed by atoms with E-state index in [4.69, 9.17) is 0 Å². The summed E-state index contributed by atoms with van der Waals surface area (Å²) < 4.78 is 0. The van der Waals surface area contributed by atoms with Gasteiger partial charge in [0.15, 0.2) is 0 Å². The molecule has 2 heterocycles. The van der Waals surface area contributed by atoms with Gasteiger partial charge in [0.1, 0.15) is 17.8 Å². The molecule has 0 unspecified atom stereocenters. The zero-order chi connectivity index (χ0) is 19.4. The summed E-state index contributed by atoms with van der Waals surface area (Å²) in [5.74, 6) is 0.428. The number of carbonyl (C=O) groups is 2. The number of benzene rings is 1. The van der Waals surface area contributed by atoms with Gasteiger partial charge in [-0.2, -0.15) is 0 Å². The van der Waals surface area contributed by atoms with E-state index < -0.39 is 0 Å². The van der Waals surface area contributed by atoms with Crippen LogP contribution in [0.2, 0.25) is 0 Å². The Balaban J connectivity index is 1.68. The largest absolute Gasteiger partial charge is 0.342 e. The number of carbonyl (C=O) groups excluding carboxylic acids is 2. The molecular formula is C20H25N5O2. The van der Waals surface area contributed by atoms with Crippen molar-refractivity contribution in [3.8, 4) is 0 Å². The van der Waals surface area contributed by atoms with Crippen LogP contribution in [0.4, 0.5) is 11.5 Å². The number of nitrogens with zero attached hydrogens (tertiary/aromatic N) is 4. The van der Waals surface area contributed by atoms with E-state index in [1.54, 1.807) is 15.9 Å². The number of hydrogen-bond acceptors (Lipinski definition) is 5. The van der Waals surface area contributed by atoms with Gasteiger partial charge in [0.25, 0.3) is 5.91 Å². The molecule has 142 valence electrons. The molecule has 0 aliphatic carbocycles. The van der Waals surface area contributed by atoms with Crippen LogP contribution in [-0.2, 0) is 10.2 Å². The average molecular weight is 367 g/mol. The zero-order valence-electron chi connectivity index (χ0n) is 16.0. The van der Waals surface area contributed by atoms with Crippen LogP contribution in [0.5, 0.6) is 0 Å². The van der Waals surface area contributed by atoms with Crippen molar-refractivity contribution in [3.63, 3.8) is 0 Å². The van der Waals surface area contributed by atoms with Gasteiger partial charge in [-0.25, -0.2) is 9.97 Å². The van der Waals surface area contributed by atoms with Gasteiger partial charge < -0.3 is 15.1 Å². The van der Waals surface area contributed by atoms with E-state index in [0.29, 0.717) is 37.7 Å². The molecule has 2 amide bonds. The molecule has 1 aromatic carbocycles. The SMILES string of the molecule is CC(C)(C)c1ccc(Nc2cc(C(=O)N3CCN(C=O)CC3)ncn2)cc1. The number of anilines is 2. The molecule has 1 fully saturated rings. The van der Waals surface area contributed by atoms with Crippen molar-refractivity contribution in [1.82, 2.24) is 19.8 Å². The van der Waals surface area contributed by atoms with Gasteiger partial charge in [-0.1, -0.05) is 32.9 Å². The highest BCUT2D eigenvalue weighted by molar-refractivity contribution is 5.93. The summed E-state index contributed by atoms with van der Waals surface area (Å²) >= 11 is 0. The minimum absolute atomic E-state index is 0.0981. The Morgan fingerprint density at radius 3 is 2.33 bits per heavy atom. The maximum Gasteiger partial charge on any atom is 0.272 e. The van der Waals surface area contributed by atoms with Gasteiger partial charge >= 0.3 is 0 Å². The Bertz CT molecular complexity index is 806. The van der Waals surface area contributed by atoms with Crippen LogP contribution in [0.3, 0.4) is 0 Å². The second-order valence-electron chi connectivity index (χ2n) is 7.67. The molecule has 0 radical (unpaired) electrons. The van der Waals surface area contributed by atoms with Crippen molar-refractivity contribution in [2.24, 2.45) is 0 Å². The van der Waals surface area contributed by atoms with Crippen molar-refractivity contribution in [2.75, 3.05) is 31.5 Å². The molecule has 0 spiro atoms. The van der Waals surface area contributed by atoms with Crippen molar-refractivity contribution >= 4 is 23.8 Å². The van der Waals surface area contributed by atoms with Crippen LogP contribution >= 0.6 is 0 Å². The third-order valence-electron chi connectivity index (χ3n) is 4.66. The third kappa shape index (κ3) is 4.61. The van der Waals surface area contributed by atoms with Gasteiger partial charge in [-0.15, -0.1) is 0 Å². The number of nitrogens with one attached hydrogen (secondary N) is 1. The van der Waals surface area contributed by atoms with Gasteiger partial charge in [-0.3, -0.25) is 9.59 Å². The Kier molecular flexibility index (Phi) is 5.39. The standard InChI is InChI=1S/C20H25N5O2/c1-20(2,3)15-4-6-16(7-5-15)23-18-12-17(21-13-22-18)19(27)25-10-8-24(14-26)9-11-25/h4-7,12-14H,8-11H2,1-3H3,(H,21,22,23). The fourth-order valence-electron chi connectivity index (χ4n) is 2.94. The second-order valence-corrected chi connectivity index (χ2v) is 7.67.